The molecule has 2 aliphatic rings. The Morgan fingerprint density at radius 3 is 1.60 bits per heavy atom. The van der Waals surface area contributed by atoms with E-state index in [-0.39, 0.29) is 0 Å². The van der Waals surface area contributed by atoms with Gasteiger partial charge in [0.15, 0.2) is 0 Å². The number of hydrogen-bond acceptors (Lipinski definition) is 0. The van der Waals surface area contributed by atoms with Gasteiger partial charge in [0.05, 0.1) is 11.3 Å². The van der Waals surface area contributed by atoms with Gasteiger partial charge in [-0.3, -0.25) is 0 Å². The molecule has 0 aliphatic heterocycles. The minimum absolute atomic E-state index is 0.946. The number of benzene rings is 1. The third kappa shape index (κ3) is 3.00. The lowest BCUT2D eigenvalue weighted by Gasteiger charge is -2.38. The van der Waals surface area contributed by atoms with Crippen LogP contribution in [0.25, 0.3) is 0 Å². The molecule has 0 atom stereocenters. The monoisotopic (exact) mass is 353 g/mol. The van der Waals surface area contributed by atoms with Crippen molar-refractivity contribution in [1.29, 1.82) is 0 Å². The Morgan fingerprint density at radius 1 is 0.700 bits per heavy atom. The van der Waals surface area contributed by atoms with Gasteiger partial charge in [-0.1, -0.05) is 31.0 Å². The van der Waals surface area contributed by atoms with Crippen molar-refractivity contribution in [3.05, 3.63) is 30.3 Å². The standard InChI is InChI=1S/C18H27BrP/c19-20(16-10-4-1-5-11-16,17-12-6-2-7-13-17)18-14-8-3-9-15-18/h1,4-5,10-11,17-18H,2-3,6-9,12-15H2/q+1. The summed E-state index contributed by atoms with van der Waals surface area (Å²) in [6.07, 6.45) is 14.6. The van der Waals surface area contributed by atoms with Crippen molar-refractivity contribution in [2.24, 2.45) is 0 Å². The zero-order chi connectivity index (χ0) is 13.8. The molecule has 2 heteroatoms. The molecular formula is C18H27BrP+. The molecule has 2 fully saturated rings. The summed E-state index contributed by atoms with van der Waals surface area (Å²) in [6, 6.07) is 11.5. The Labute approximate surface area is 132 Å². The third-order valence-corrected chi connectivity index (χ3v) is 14.3. The maximum Gasteiger partial charge on any atom is 0.145 e. The SMILES string of the molecule is Br[P+](c1ccccc1)(C1CCCCC1)C1CCCCC1. The van der Waals surface area contributed by atoms with Crippen LogP contribution in [0, 0.1) is 0 Å². The minimum Gasteiger partial charge on any atom is -0.0620 e. The van der Waals surface area contributed by atoms with Crippen LogP contribution in [0.3, 0.4) is 0 Å². The maximum atomic E-state index is 4.43. The van der Waals surface area contributed by atoms with Crippen LogP contribution in [0.5, 0.6) is 0 Å². The largest absolute Gasteiger partial charge is 0.145 e. The van der Waals surface area contributed by atoms with Gasteiger partial charge in [-0.25, -0.2) is 0 Å². The van der Waals surface area contributed by atoms with Gasteiger partial charge in [-0.05, 0) is 63.5 Å². The number of rotatable bonds is 3. The van der Waals surface area contributed by atoms with E-state index in [0.29, 0.717) is 0 Å². The van der Waals surface area contributed by atoms with Gasteiger partial charge in [0.1, 0.15) is 26.8 Å². The molecule has 0 spiro atoms. The van der Waals surface area contributed by atoms with E-state index in [0.717, 1.165) is 11.3 Å². The van der Waals surface area contributed by atoms with E-state index in [1.807, 2.05) is 0 Å². The third-order valence-electron chi connectivity index (χ3n) is 5.36. The Balaban J connectivity index is 1.92. The van der Waals surface area contributed by atoms with Crippen molar-refractivity contribution in [2.75, 3.05) is 0 Å². The highest BCUT2D eigenvalue weighted by Crippen LogP contribution is 2.76. The molecule has 110 valence electrons. The molecule has 1 aromatic carbocycles. The molecule has 20 heavy (non-hydrogen) atoms. The van der Waals surface area contributed by atoms with E-state index >= 15 is 0 Å². The van der Waals surface area contributed by atoms with Gasteiger partial charge in [-0.2, -0.15) is 0 Å². The Kier molecular flexibility index (Phi) is 5.21. The number of halogens is 1. The lowest BCUT2D eigenvalue weighted by Crippen LogP contribution is -2.31. The molecule has 0 N–H and O–H groups in total. The molecule has 2 aliphatic carbocycles. The first-order valence-corrected chi connectivity index (χ1v) is 12.4. The summed E-state index contributed by atoms with van der Waals surface area (Å²) in [7, 11) is 0. The highest BCUT2D eigenvalue weighted by molar-refractivity contribution is 9.43. The first kappa shape index (κ1) is 15.0. The summed E-state index contributed by atoms with van der Waals surface area (Å²) in [6.45, 7) is 0. The van der Waals surface area contributed by atoms with Gasteiger partial charge in [-0.15, -0.1) is 0 Å². The van der Waals surface area contributed by atoms with Crippen molar-refractivity contribution in [1.82, 2.24) is 0 Å². The van der Waals surface area contributed by atoms with E-state index in [4.69, 9.17) is 0 Å². The molecule has 0 unspecified atom stereocenters. The molecule has 3 rings (SSSR count). The fraction of sp³-hybridized carbons (Fsp3) is 0.667. The summed E-state index contributed by atoms with van der Waals surface area (Å²) in [5.74, 6) is -1.16. The fourth-order valence-electron chi connectivity index (χ4n) is 4.29. The van der Waals surface area contributed by atoms with Crippen LogP contribution < -0.4 is 5.30 Å². The van der Waals surface area contributed by atoms with Crippen LogP contribution >= 0.6 is 21.5 Å². The minimum atomic E-state index is -1.16. The molecule has 0 radical (unpaired) electrons. The van der Waals surface area contributed by atoms with Gasteiger partial charge in [0.25, 0.3) is 0 Å². The van der Waals surface area contributed by atoms with Gasteiger partial charge in [0, 0.05) is 0 Å². The highest BCUT2D eigenvalue weighted by Gasteiger charge is 2.52. The molecule has 0 saturated heterocycles. The molecule has 0 amide bonds. The van der Waals surface area contributed by atoms with Crippen molar-refractivity contribution >= 4 is 26.8 Å². The van der Waals surface area contributed by atoms with E-state index in [1.165, 1.54) is 64.2 Å². The second-order valence-corrected chi connectivity index (χ2v) is 13.5. The second-order valence-electron chi connectivity index (χ2n) is 6.61. The van der Waals surface area contributed by atoms with Crippen LogP contribution in [-0.2, 0) is 0 Å². The summed E-state index contributed by atoms with van der Waals surface area (Å²) < 4.78 is 0. The topological polar surface area (TPSA) is 0 Å². The lowest BCUT2D eigenvalue weighted by atomic mass is 9.99. The van der Waals surface area contributed by atoms with Crippen LogP contribution in [0.2, 0.25) is 0 Å². The van der Waals surface area contributed by atoms with E-state index in [9.17, 15) is 0 Å². The molecule has 0 nitrogen and oxygen atoms in total. The van der Waals surface area contributed by atoms with Crippen molar-refractivity contribution < 1.29 is 0 Å². The molecular weight excluding hydrogens is 327 g/mol. The lowest BCUT2D eigenvalue weighted by molar-refractivity contribution is 0.486. The Hall–Kier alpha value is 0.130. The van der Waals surface area contributed by atoms with Crippen molar-refractivity contribution in [2.45, 2.75) is 75.5 Å². The van der Waals surface area contributed by atoms with Crippen molar-refractivity contribution in [3.8, 4) is 0 Å². The average Bonchev–Trinajstić information content (AvgIpc) is 2.56. The molecule has 0 bridgehead atoms. The van der Waals surface area contributed by atoms with E-state index in [2.05, 4.69) is 45.8 Å². The van der Waals surface area contributed by atoms with Gasteiger partial charge >= 0.3 is 0 Å². The molecule has 0 aromatic heterocycles. The summed E-state index contributed by atoms with van der Waals surface area (Å²) >= 11 is 4.43. The second kappa shape index (κ2) is 6.93. The highest BCUT2D eigenvalue weighted by atomic mass is 79.9. The predicted molar refractivity (Wildman–Crippen MR) is 95.7 cm³/mol. The van der Waals surface area contributed by atoms with E-state index < -0.39 is 5.96 Å². The zero-order valence-corrected chi connectivity index (χ0v) is 14.9. The normalized spacial score (nSPS) is 22.9. The molecule has 1 aromatic rings. The van der Waals surface area contributed by atoms with Crippen LogP contribution in [0.15, 0.2) is 30.3 Å². The quantitative estimate of drug-likeness (QED) is 0.559. The maximum absolute atomic E-state index is 4.43. The smallest absolute Gasteiger partial charge is 0.0620 e. The molecule has 0 heterocycles. The van der Waals surface area contributed by atoms with Crippen LogP contribution in [0.1, 0.15) is 64.2 Å². The van der Waals surface area contributed by atoms with Gasteiger partial charge in [0.2, 0.25) is 0 Å². The zero-order valence-electron chi connectivity index (χ0n) is 12.4. The summed E-state index contributed by atoms with van der Waals surface area (Å²) in [5.41, 5.74) is 1.89. The van der Waals surface area contributed by atoms with Crippen molar-refractivity contribution in [3.63, 3.8) is 0 Å². The first-order chi connectivity index (χ1) is 9.82. The van der Waals surface area contributed by atoms with Crippen LogP contribution in [0.4, 0.5) is 0 Å². The first-order valence-electron chi connectivity index (χ1n) is 8.45. The van der Waals surface area contributed by atoms with E-state index in [1.54, 1.807) is 5.30 Å². The number of hydrogen-bond donors (Lipinski definition) is 0. The summed E-state index contributed by atoms with van der Waals surface area (Å²) in [5, 5.41) is 1.65. The van der Waals surface area contributed by atoms with Crippen LogP contribution in [-0.4, -0.2) is 11.3 Å². The predicted octanol–water partition coefficient (Wildman–Crippen LogP) is 6.30. The fourth-order valence-corrected chi connectivity index (χ4v) is 11.8. The van der Waals surface area contributed by atoms with Gasteiger partial charge < -0.3 is 0 Å². The Bertz CT molecular complexity index is 387. The Morgan fingerprint density at radius 2 is 1.15 bits per heavy atom. The summed E-state index contributed by atoms with van der Waals surface area (Å²) in [4.78, 5) is 0. The average molecular weight is 354 g/mol. The molecule has 2 saturated carbocycles.